The van der Waals surface area contributed by atoms with Crippen LogP contribution in [0.25, 0.3) is 0 Å². The predicted octanol–water partition coefficient (Wildman–Crippen LogP) is 3.05. The van der Waals surface area contributed by atoms with Crippen molar-refractivity contribution in [2.24, 2.45) is 10.9 Å². The number of guanidine groups is 1. The van der Waals surface area contributed by atoms with Crippen molar-refractivity contribution in [1.82, 2.24) is 16.0 Å². The number of ether oxygens (including phenoxy) is 1. The van der Waals surface area contributed by atoms with Gasteiger partial charge in [-0.1, -0.05) is 18.6 Å². The number of hydrogen-bond acceptors (Lipinski definition) is 4. The molecule has 0 saturated heterocycles. The van der Waals surface area contributed by atoms with Gasteiger partial charge in [0.2, 0.25) is 5.91 Å². The van der Waals surface area contributed by atoms with Crippen LogP contribution in [0.15, 0.2) is 29.3 Å². The summed E-state index contributed by atoms with van der Waals surface area (Å²) in [7, 11) is 1.74. The summed E-state index contributed by atoms with van der Waals surface area (Å²) in [6.45, 7) is 7.66. The highest BCUT2D eigenvalue weighted by atomic mass is 16.6. The molecule has 1 fully saturated rings. The van der Waals surface area contributed by atoms with E-state index in [9.17, 15) is 9.59 Å². The van der Waals surface area contributed by atoms with Crippen molar-refractivity contribution in [3.8, 4) is 0 Å². The van der Waals surface area contributed by atoms with Gasteiger partial charge in [0.25, 0.3) is 0 Å². The summed E-state index contributed by atoms with van der Waals surface area (Å²) in [4.78, 5) is 27.8. The summed E-state index contributed by atoms with van der Waals surface area (Å²) in [5.74, 6) is 1.18. The molecule has 0 heterocycles. The van der Waals surface area contributed by atoms with Crippen LogP contribution in [0.1, 0.15) is 52.0 Å². The smallest absolute Gasteiger partial charge is 0.412 e. The fraction of sp³-hybridized carbons (Fsp3) is 0.609. The van der Waals surface area contributed by atoms with Gasteiger partial charge in [-0.05, 0) is 64.2 Å². The van der Waals surface area contributed by atoms with E-state index < -0.39 is 11.7 Å². The van der Waals surface area contributed by atoms with E-state index in [1.165, 1.54) is 6.42 Å². The van der Waals surface area contributed by atoms with Gasteiger partial charge in [-0.2, -0.15) is 0 Å². The van der Waals surface area contributed by atoms with Gasteiger partial charge in [-0.3, -0.25) is 15.1 Å². The Morgan fingerprint density at radius 1 is 1.03 bits per heavy atom. The Balaban J connectivity index is 1.60. The topological polar surface area (TPSA) is 104 Å². The molecule has 1 aromatic carbocycles. The van der Waals surface area contributed by atoms with Crippen molar-refractivity contribution in [1.29, 1.82) is 0 Å². The zero-order chi connectivity index (χ0) is 22.7. The maximum absolute atomic E-state index is 11.8. The Hall–Kier alpha value is -2.77. The van der Waals surface area contributed by atoms with Gasteiger partial charge in [-0.25, -0.2) is 4.79 Å². The standard InChI is InChI=1S/C23H37N5O3/c1-23(2,3)31-22(30)28-19-11-9-17(10-12-19)13-16-27-21(24-4)26-15-6-14-25-20(29)18-7-5-8-18/h9-12,18H,5-8,13-16H2,1-4H3,(H,25,29)(H,28,30)(H2,24,26,27). The minimum absolute atomic E-state index is 0.195. The van der Waals surface area contributed by atoms with E-state index >= 15 is 0 Å². The zero-order valence-corrected chi connectivity index (χ0v) is 19.2. The molecule has 1 saturated carbocycles. The van der Waals surface area contributed by atoms with E-state index in [0.717, 1.165) is 50.3 Å². The lowest BCUT2D eigenvalue weighted by Gasteiger charge is -2.24. The van der Waals surface area contributed by atoms with E-state index in [0.29, 0.717) is 12.2 Å². The molecule has 4 N–H and O–H groups in total. The maximum atomic E-state index is 11.8. The number of aliphatic imine (C=N–C) groups is 1. The summed E-state index contributed by atoms with van der Waals surface area (Å²) in [5.41, 5.74) is 1.33. The first-order valence-corrected chi connectivity index (χ1v) is 11.1. The second-order valence-electron chi connectivity index (χ2n) is 8.77. The lowest BCUT2D eigenvalue weighted by molar-refractivity contribution is -0.127. The third-order valence-electron chi connectivity index (χ3n) is 4.95. The van der Waals surface area contributed by atoms with Gasteiger partial charge in [0, 0.05) is 38.3 Å². The third-order valence-corrected chi connectivity index (χ3v) is 4.95. The molecule has 0 bridgehead atoms. The lowest BCUT2D eigenvalue weighted by Crippen LogP contribution is -2.40. The summed E-state index contributed by atoms with van der Waals surface area (Å²) in [5, 5.41) is 12.3. The normalized spacial score (nSPS) is 14.4. The number of nitrogens with zero attached hydrogens (tertiary/aromatic N) is 1. The molecule has 0 radical (unpaired) electrons. The first-order chi connectivity index (χ1) is 14.8. The quantitative estimate of drug-likeness (QED) is 0.273. The molecule has 0 unspecified atom stereocenters. The molecule has 0 aromatic heterocycles. The fourth-order valence-corrected chi connectivity index (χ4v) is 3.04. The Bertz CT molecular complexity index is 737. The molecular formula is C23H37N5O3. The summed E-state index contributed by atoms with van der Waals surface area (Å²) in [6.07, 6.45) is 4.46. The van der Waals surface area contributed by atoms with Crippen LogP contribution in [-0.2, 0) is 16.0 Å². The number of amides is 2. The molecule has 0 aliphatic heterocycles. The van der Waals surface area contributed by atoms with Crippen LogP contribution < -0.4 is 21.3 Å². The SMILES string of the molecule is CN=C(NCCCNC(=O)C1CCC1)NCCc1ccc(NC(=O)OC(C)(C)C)cc1. The molecule has 2 amide bonds. The summed E-state index contributed by atoms with van der Waals surface area (Å²) < 4.78 is 5.25. The Labute approximate surface area is 185 Å². The highest BCUT2D eigenvalue weighted by Crippen LogP contribution is 2.26. The summed E-state index contributed by atoms with van der Waals surface area (Å²) in [6, 6.07) is 7.69. The highest BCUT2D eigenvalue weighted by Gasteiger charge is 2.24. The Kier molecular flexibility index (Phi) is 9.62. The second kappa shape index (κ2) is 12.2. The number of carbonyl (C=O) groups excluding carboxylic acids is 2. The van der Waals surface area contributed by atoms with Crippen molar-refractivity contribution in [3.05, 3.63) is 29.8 Å². The molecule has 31 heavy (non-hydrogen) atoms. The van der Waals surface area contributed by atoms with Crippen LogP contribution in [0.2, 0.25) is 0 Å². The first kappa shape index (κ1) is 24.5. The average molecular weight is 432 g/mol. The van der Waals surface area contributed by atoms with E-state index in [2.05, 4.69) is 26.3 Å². The van der Waals surface area contributed by atoms with E-state index in [-0.39, 0.29) is 11.8 Å². The van der Waals surface area contributed by atoms with Crippen LogP contribution in [-0.4, -0.2) is 50.2 Å². The molecule has 2 rings (SSSR count). The van der Waals surface area contributed by atoms with Crippen LogP contribution in [0.5, 0.6) is 0 Å². The van der Waals surface area contributed by atoms with Crippen LogP contribution in [0, 0.1) is 5.92 Å². The molecule has 1 aliphatic rings. The van der Waals surface area contributed by atoms with Crippen molar-refractivity contribution < 1.29 is 14.3 Å². The molecule has 8 heteroatoms. The number of hydrogen-bond donors (Lipinski definition) is 4. The molecule has 0 spiro atoms. The molecule has 8 nitrogen and oxygen atoms in total. The summed E-state index contributed by atoms with van der Waals surface area (Å²) >= 11 is 0. The zero-order valence-electron chi connectivity index (χ0n) is 19.2. The minimum Gasteiger partial charge on any atom is -0.444 e. The van der Waals surface area contributed by atoms with Gasteiger partial charge < -0.3 is 20.7 Å². The number of benzene rings is 1. The maximum Gasteiger partial charge on any atom is 0.412 e. The fourth-order valence-electron chi connectivity index (χ4n) is 3.04. The Morgan fingerprint density at radius 3 is 2.26 bits per heavy atom. The van der Waals surface area contributed by atoms with E-state index in [1.807, 2.05) is 45.0 Å². The minimum atomic E-state index is -0.522. The largest absolute Gasteiger partial charge is 0.444 e. The Morgan fingerprint density at radius 2 is 1.68 bits per heavy atom. The molecule has 172 valence electrons. The van der Waals surface area contributed by atoms with Gasteiger partial charge >= 0.3 is 6.09 Å². The van der Waals surface area contributed by atoms with Gasteiger partial charge in [0.05, 0.1) is 0 Å². The molecule has 1 aliphatic carbocycles. The third kappa shape index (κ3) is 9.72. The first-order valence-electron chi connectivity index (χ1n) is 11.1. The van der Waals surface area contributed by atoms with Gasteiger partial charge in [0.15, 0.2) is 5.96 Å². The monoisotopic (exact) mass is 431 g/mol. The van der Waals surface area contributed by atoms with Gasteiger partial charge in [-0.15, -0.1) is 0 Å². The van der Waals surface area contributed by atoms with E-state index in [1.54, 1.807) is 7.05 Å². The number of nitrogens with one attached hydrogen (secondary N) is 4. The lowest BCUT2D eigenvalue weighted by atomic mass is 9.85. The number of carbonyl (C=O) groups is 2. The van der Waals surface area contributed by atoms with E-state index in [4.69, 9.17) is 4.74 Å². The average Bonchev–Trinajstić information content (AvgIpc) is 2.64. The number of anilines is 1. The van der Waals surface area contributed by atoms with Crippen molar-refractivity contribution >= 4 is 23.6 Å². The van der Waals surface area contributed by atoms with Crippen LogP contribution in [0.4, 0.5) is 10.5 Å². The van der Waals surface area contributed by atoms with Crippen LogP contribution >= 0.6 is 0 Å². The second-order valence-corrected chi connectivity index (χ2v) is 8.77. The molecule has 1 aromatic rings. The van der Waals surface area contributed by atoms with Crippen LogP contribution in [0.3, 0.4) is 0 Å². The van der Waals surface area contributed by atoms with Crippen molar-refractivity contribution in [2.45, 2.75) is 58.5 Å². The molecule has 0 atom stereocenters. The van der Waals surface area contributed by atoms with Crippen molar-refractivity contribution in [3.63, 3.8) is 0 Å². The number of rotatable bonds is 9. The van der Waals surface area contributed by atoms with Crippen molar-refractivity contribution in [2.75, 3.05) is 32.0 Å². The molecular weight excluding hydrogens is 394 g/mol. The predicted molar refractivity (Wildman–Crippen MR) is 124 cm³/mol. The van der Waals surface area contributed by atoms with Gasteiger partial charge in [0.1, 0.15) is 5.60 Å². The highest BCUT2D eigenvalue weighted by molar-refractivity contribution is 5.84.